The molecule has 2 rings (SSSR count). The Labute approximate surface area is 100 Å². The fourth-order valence-corrected chi connectivity index (χ4v) is 1.78. The lowest BCUT2D eigenvalue weighted by Gasteiger charge is -2.08. The second kappa shape index (κ2) is 4.99. The number of aryl methyl sites for hydroxylation is 1. The van der Waals surface area contributed by atoms with Gasteiger partial charge in [0.1, 0.15) is 0 Å². The summed E-state index contributed by atoms with van der Waals surface area (Å²) in [6.45, 7) is 2.91. The SMILES string of the molecule is CCCCNc1nc2ccccc2n(C)c1=O. The summed E-state index contributed by atoms with van der Waals surface area (Å²) in [5.41, 5.74) is 1.63. The van der Waals surface area contributed by atoms with Crippen molar-refractivity contribution in [2.75, 3.05) is 11.9 Å². The first-order valence-electron chi connectivity index (χ1n) is 5.93. The number of hydrogen-bond acceptors (Lipinski definition) is 3. The normalized spacial score (nSPS) is 10.7. The van der Waals surface area contributed by atoms with Crippen LogP contribution in [0.2, 0.25) is 0 Å². The number of anilines is 1. The van der Waals surface area contributed by atoms with E-state index in [0.29, 0.717) is 5.82 Å². The molecule has 0 aliphatic rings. The van der Waals surface area contributed by atoms with Crippen LogP contribution in [-0.2, 0) is 7.05 Å². The van der Waals surface area contributed by atoms with Crippen LogP contribution in [0.3, 0.4) is 0 Å². The fraction of sp³-hybridized carbons (Fsp3) is 0.385. The number of nitrogens with one attached hydrogen (secondary N) is 1. The molecule has 0 saturated heterocycles. The molecule has 4 nitrogen and oxygen atoms in total. The highest BCUT2D eigenvalue weighted by Gasteiger charge is 2.06. The van der Waals surface area contributed by atoms with Crippen molar-refractivity contribution in [1.29, 1.82) is 0 Å². The van der Waals surface area contributed by atoms with Gasteiger partial charge in [0.25, 0.3) is 5.56 Å². The fourth-order valence-electron chi connectivity index (χ4n) is 1.78. The molecule has 1 aromatic carbocycles. The van der Waals surface area contributed by atoms with Gasteiger partial charge in [-0.2, -0.15) is 0 Å². The van der Waals surface area contributed by atoms with Crippen LogP contribution in [0.5, 0.6) is 0 Å². The van der Waals surface area contributed by atoms with Gasteiger partial charge in [0, 0.05) is 13.6 Å². The molecule has 0 saturated carbocycles. The Morgan fingerprint density at radius 2 is 2.12 bits per heavy atom. The third kappa shape index (κ3) is 2.30. The van der Waals surface area contributed by atoms with Crippen LogP contribution in [0.25, 0.3) is 11.0 Å². The molecule has 0 spiro atoms. The maximum atomic E-state index is 12.0. The highest BCUT2D eigenvalue weighted by Crippen LogP contribution is 2.10. The minimum Gasteiger partial charge on any atom is -0.365 e. The van der Waals surface area contributed by atoms with E-state index in [1.807, 2.05) is 24.3 Å². The monoisotopic (exact) mass is 231 g/mol. The van der Waals surface area contributed by atoms with Crippen molar-refractivity contribution in [1.82, 2.24) is 9.55 Å². The Morgan fingerprint density at radius 1 is 1.35 bits per heavy atom. The van der Waals surface area contributed by atoms with Gasteiger partial charge in [-0.05, 0) is 18.6 Å². The molecule has 0 aliphatic carbocycles. The molecule has 0 atom stereocenters. The number of benzene rings is 1. The highest BCUT2D eigenvalue weighted by molar-refractivity contribution is 5.76. The number of hydrogen-bond donors (Lipinski definition) is 1. The molecule has 0 radical (unpaired) electrons. The minimum absolute atomic E-state index is 0.0696. The van der Waals surface area contributed by atoms with E-state index in [1.54, 1.807) is 11.6 Å². The van der Waals surface area contributed by atoms with Gasteiger partial charge < -0.3 is 9.88 Å². The van der Waals surface area contributed by atoms with Gasteiger partial charge in [-0.15, -0.1) is 0 Å². The van der Waals surface area contributed by atoms with E-state index < -0.39 is 0 Å². The van der Waals surface area contributed by atoms with E-state index in [1.165, 1.54) is 0 Å². The van der Waals surface area contributed by atoms with E-state index in [2.05, 4.69) is 17.2 Å². The van der Waals surface area contributed by atoms with Gasteiger partial charge in [0.15, 0.2) is 5.82 Å². The molecule has 0 fully saturated rings. The third-order valence-electron chi connectivity index (χ3n) is 2.81. The first kappa shape index (κ1) is 11.6. The van der Waals surface area contributed by atoms with Crippen LogP contribution in [0.15, 0.2) is 29.1 Å². The van der Waals surface area contributed by atoms with Crippen LogP contribution in [0.1, 0.15) is 19.8 Å². The average molecular weight is 231 g/mol. The molecule has 0 unspecified atom stereocenters. The zero-order valence-electron chi connectivity index (χ0n) is 10.2. The van der Waals surface area contributed by atoms with Crippen LogP contribution in [0.4, 0.5) is 5.82 Å². The Morgan fingerprint density at radius 3 is 2.88 bits per heavy atom. The summed E-state index contributed by atoms with van der Waals surface area (Å²) in [5.74, 6) is 0.444. The zero-order valence-corrected chi connectivity index (χ0v) is 10.2. The average Bonchev–Trinajstić information content (AvgIpc) is 2.35. The molecule has 1 heterocycles. The molecular formula is C13H17N3O. The van der Waals surface area contributed by atoms with Gasteiger partial charge >= 0.3 is 0 Å². The Kier molecular flexibility index (Phi) is 3.42. The van der Waals surface area contributed by atoms with E-state index >= 15 is 0 Å². The molecule has 1 N–H and O–H groups in total. The van der Waals surface area contributed by atoms with Crippen molar-refractivity contribution in [3.63, 3.8) is 0 Å². The predicted molar refractivity (Wildman–Crippen MR) is 70.4 cm³/mol. The lowest BCUT2D eigenvalue weighted by molar-refractivity contribution is 0.822. The lowest BCUT2D eigenvalue weighted by Crippen LogP contribution is -2.23. The van der Waals surface area contributed by atoms with E-state index in [4.69, 9.17) is 0 Å². The van der Waals surface area contributed by atoms with Gasteiger partial charge in [0.2, 0.25) is 0 Å². The second-order valence-electron chi connectivity index (χ2n) is 4.09. The molecule has 0 amide bonds. The van der Waals surface area contributed by atoms with E-state index in [0.717, 1.165) is 30.4 Å². The molecule has 2 aromatic rings. The largest absolute Gasteiger partial charge is 0.365 e. The third-order valence-corrected chi connectivity index (χ3v) is 2.81. The van der Waals surface area contributed by atoms with Crippen molar-refractivity contribution in [3.8, 4) is 0 Å². The first-order chi connectivity index (χ1) is 8.24. The van der Waals surface area contributed by atoms with Crippen molar-refractivity contribution < 1.29 is 0 Å². The molecular weight excluding hydrogens is 214 g/mol. The quantitative estimate of drug-likeness (QED) is 0.820. The van der Waals surface area contributed by atoms with E-state index in [-0.39, 0.29) is 5.56 Å². The summed E-state index contributed by atoms with van der Waals surface area (Å²) in [7, 11) is 1.78. The Balaban J connectivity index is 2.43. The van der Waals surface area contributed by atoms with Gasteiger partial charge in [-0.3, -0.25) is 4.79 Å². The number of para-hydroxylation sites is 2. The predicted octanol–water partition coefficient (Wildman–Crippen LogP) is 2.15. The zero-order chi connectivity index (χ0) is 12.3. The first-order valence-corrected chi connectivity index (χ1v) is 5.93. The number of fused-ring (bicyclic) bond motifs is 1. The maximum Gasteiger partial charge on any atom is 0.293 e. The number of unbranched alkanes of at least 4 members (excludes halogenated alkanes) is 1. The molecule has 90 valence electrons. The van der Waals surface area contributed by atoms with Crippen LogP contribution >= 0.6 is 0 Å². The van der Waals surface area contributed by atoms with Gasteiger partial charge in [-0.25, -0.2) is 4.98 Å². The molecule has 0 aliphatic heterocycles. The summed E-state index contributed by atoms with van der Waals surface area (Å²) >= 11 is 0. The summed E-state index contributed by atoms with van der Waals surface area (Å²) < 4.78 is 1.64. The van der Waals surface area contributed by atoms with Crippen molar-refractivity contribution in [2.45, 2.75) is 19.8 Å². The van der Waals surface area contributed by atoms with Crippen LogP contribution in [-0.4, -0.2) is 16.1 Å². The smallest absolute Gasteiger partial charge is 0.293 e. The Bertz CT molecular complexity index is 574. The molecule has 17 heavy (non-hydrogen) atoms. The van der Waals surface area contributed by atoms with Crippen LogP contribution < -0.4 is 10.9 Å². The number of rotatable bonds is 4. The molecule has 0 bridgehead atoms. The van der Waals surface area contributed by atoms with E-state index in [9.17, 15) is 4.79 Å². The summed E-state index contributed by atoms with van der Waals surface area (Å²) in [6.07, 6.45) is 2.14. The van der Waals surface area contributed by atoms with Gasteiger partial charge in [0.05, 0.1) is 11.0 Å². The molecule has 1 aromatic heterocycles. The maximum absolute atomic E-state index is 12.0. The summed E-state index contributed by atoms with van der Waals surface area (Å²) in [6, 6.07) is 7.66. The Hall–Kier alpha value is -1.84. The topological polar surface area (TPSA) is 46.9 Å². The van der Waals surface area contributed by atoms with Crippen LogP contribution in [0, 0.1) is 0 Å². The summed E-state index contributed by atoms with van der Waals surface area (Å²) in [4.78, 5) is 16.4. The summed E-state index contributed by atoms with van der Waals surface area (Å²) in [5, 5.41) is 3.10. The highest BCUT2D eigenvalue weighted by atomic mass is 16.1. The lowest BCUT2D eigenvalue weighted by atomic mass is 10.3. The number of nitrogens with zero attached hydrogens (tertiary/aromatic N) is 2. The van der Waals surface area contributed by atoms with Crippen molar-refractivity contribution in [2.24, 2.45) is 7.05 Å². The van der Waals surface area contributed by atoms with Crippen molar-refractivity contribution in [3.05, 3.63) is 34.6 Å². The second-order valence-corrected chi connectivity index (χ2v) is 4.09. The van der Waals surface area contributed by atoms with Crippen molar-refractivity contribution >= 4 is 16.9 Å². The minimum atomic E-state index is -0.0696. The standard InChI is InChI=1S/C13H17N3O/c1-3-4-9-14-12-13(17)16(2)11-8-6-5-7-10(11)15-12/h5-8H,3-4,9H2,1-2H3,(H,14,15). The molecule has 4 heteroatoms. The van der Waals surface area contributed by atoms with Gasteiger partial charge in [-0.1, -0.05) is 25.5 Å². The number of aromatic nitrogens is 2.